The van der Waals surface area contributed by atoms with E-state index >= 15 is 0 Å². The molecular formula is C15H14F2N2O4S. The van der Waals surface area contributed by atoms with Crippen molar-refractivity contribution in [3.8, 4) is 5.75 Å². The summed E-state index contributed by atoms with van der Waals surface area (Å²) in [4.78, 5) is 10.3. The molecule has 9 heteroatoms. The first kappa shape index (κ1) is 17.7. The van der Waals surface area contributed by atoms with Gasteiger partial charge in [0.15, 0.2) is 0 Å². The molecular weight excluding hydrogens is 342 g/mol. The minimum absolute atomic E-state index is 0.0598. The maximum atomic E-state index is 13.7. The van der Waals surface area contributed by atoms with E-state index in [9.17, 15) is 22.0 Å². The molecule has 24 heavy (non-hydrogen) atoms. The van der Waals surface area contributed by atoms with E-state index in [1.165, 1.54) is 32.2 Å². The molecule has 2 aromatic rings. The molecule has 6 nitrogen and oxygen atoms in total. The smallest absolute Gasteiger partial charge is 0.264 e. The molecule has 2 N–H and O–H groups in total. The zero-order valence-electron chi connectivity index (χ0n) is 12.8. The lowest BCUT2D eigenvalue weighted by Gasteiger charge is -2.13. The van der Waals surface area contributed by atoms with Crippen molar-refractivity contribution in [2.75, 3.05) is 17.1 Å². The van der Waals surface area contributed by atoms with E-state index in [0.717, 1.165) is 12.1 Å². The monoisotopic (exact) mass is 356 g/mol. The highest BCUT2D eigenvalue weighted by molar-refractivity contribution is 7.92. The van der Waals surface area contributed by atoms with Crippen LogP contribution in [0.15, 0.2) is 41.3 Å². The van der Waals surface area contributed by atoms with Crippen molar-refractivity contribution < 1.29 is 26.7 Å². The van der Waals surface area contributed by atoms with E-state index in [1.807, 2.05) is 0 Å². The molecule has 0 saturated carbocycles. The Morgan fingerprint density at radius 2 is 1.83 bits per heavy atom. The molecule has 0 fully saturated rings. The van der Waals surface area contributed by atoms with Crippen LogP contribution >= 0.6 is 0 Å². The third kappa shape index (κ3) is 3.99. The van der Waals surface area contributed by atoms with Gasteiger partial charge < -0.3 is 10.1 Å². The van der Waals surface area contributed by atoms with E-state index < -0.39 is 26.6 Å². The Morgan fingerprint density at radius 1 is 1.12 bits per heavy atom. The zero-order chi connectivity index (χ0) is 17.9. The minimum Gasteiger partial charge on any atom is -0.494 e. The topological polar surface area (TPSA) is 84.5 Å². The van der Waals surface area contributed by atoms with Gasteiger partial charge in [-0.25, -0.2) is 17.2 Å². The largest absolute Gasteiger partial charge is 0.494 e. The second kappa shape index (κ2) is 6.83. The van der Waals surface area contributed by atoms with Crippen LogP contribution in [0.4, 0.5) is 20.2 Å². The summed E-state index contributed by atoms with van der Waals surface area (Å²) in [6.45, 7) is 1.31. The highest BCUT2D eigenvalue weighted by Crippen LogP contribution is 2.29. The summed E-state index contributed by atoms with van der Waals surface area (Å²) in [5, 5.41) is 2.51. The van der Waals surface area contributed by atoms with Crippen LogP contribution in [0, 0.1) is 11.6 Å². The van der Waals surface area contributed by atoms with E-state index in [2.05, 4.69) is 10.0 Å². The average Bonchev–Trinajstić information content (AvgIpc) is 2.50. The lowest BCUT2D eigenvalue weighted by Crippen LogP contribution is -2.15. The molecule has 0 aromatic heterocycles. The van der Waals surface area contributed by atoms with Gasteiger partial charge in [0.05, 0.1) is 18.5 Å². The fourth-order valence-electron chi connectivity index (χ4n) is 1.94. The first-order valence-corrected chi connectivity index (χ1v) is 8.15. The predicted molar refractivity (Wildman–Crippen MR) is 84.5 cm³/mol. The van der Waals surface area contributed by atoms with Crippen molar-refractivity contribution >= 4 is 27.3 Å². The number of carbonyl (C=O) groups excluding carboxylic acids is 1. The highest BCUT2D eigenvalue weighted by Gasteiger charge is 2.20. The van der Waals surface area contributed by atoms with Crippen molar-refractivity contribution in [2.45, 2.75) is 11.8 Å². The molecule has 128 valence electrons. The van der Waals surface area contributed by atoms with E-state index in [4.69, 9.17) is 4.74 Å². The summed E-state index contributed by atoms with van der Waals surface area (Å²) < 4.78 is 58.5. The Balaban J connectivity index is 2.36. The molecule has 2 aromatic carbocycles. The summed E-state index contributed by atoms with van der Waals surface area (Å²) in [6, 6.07) is 6.20. The number of benzene rings is 2. The summed E-state index contributed by atoms with van der Waals surface area (Å²) >= 11 is 0. The molecule has 0 bridgehead atoms. The van der Waals surface area contributed by atoms with Gasteiger partial charge in [0.2, 0.25) is 5.91 Å². The molecule has 0 radical (unpaired) electrons. The van der Waals surface area contributed by atoms with Crippen molar-refractivity contribution in [1.82, 2.24) is 0 Å². The van der Waals surface area contributed by atoms with E-state index in [1.54, 1.807) is 0 Å². The van der Waals surface area contributed by atoms with Crippen LogP contribution in [0.2, 0.25) is 0 Å². The van der Waals surface area contributed by atoms with Gasteiger partial charge in [0.1, 0.15) is 22.3 Å². The first-order valence-electron chi connectivity index (χ1n) is 6.66. The van der Waals surface area contributed by atoms with Crippen molar-refractivity contribution in [2.24, 2.45) is 0 Å². The van der Waals surface area contributed by atoms with Crippen LogP contribution in [0.3, 0.4) is 0 Å². The molecule has 0 atom stereocenters. The fraction of sp³-hybridized carbons (Fsp3) is 0.133. The van der Waals surface area contributed by atoms with Gasteiger partial charge >= 0.3 is 0 Å². The molecule has 1 amide bonds. The van der Waals surface area contributed by atoms with Gasteiger partial charge in [0, 0.05) is 13.0 Å². The van der Waals surface area contributed by atoms with Gasteiger partial charge in [-0.05, 0) is 30.3 Å². The summed E-state index contributed by atoms with van der Waals surface area (Å²) in [6.07, 6.45) is 0. The normalized spacial score (nSPS) is 11.0. The molecule has 0 aliphatic carbocycles. The van der Waals surface area contributed by atoms with Crippen LogP contribution in [0.25, 0.3) is 0 Å². The maximum absolute atomic E-state index is 13.7. The summed E-state index contributed by atoms with van der Waals surface area (Å²) in [7, 11) is -3.00. The SMILES string of the molecule is COc1cc(NS(=O)(=O)c2cc(F)ccc2F)ccc1NC(C)=O. The third-order valence-electron chi connectivity index (χ3n) is 2.95. The number of anilines is 2. The number of sulfonamides is 1. The number of hydrogen-bond donors (Lipinski definition) is 2. The van der Waals surface area contributed by atoms with Crippen molar-refractivity contribution in [1.29, 1.82) is 0 Å². The van der Waals surface area contributed by atoms with Crippen LogP contribution < -0.4 is 14.8 Å². The number of rotatable bonds is 5. The summed E-state index contributed by atoms with van der Waals surface area (Å²) in [5.41, 5.74) is 0.398. The lowest BCUT2D eigenvalue weighted by molar-refractivity contribution is -0.114. The third-order valence-corrected chi connectivity index (χ3v) is 4.34. The predicted octanol–water partition coefficient (Wildman–Crippen LogP) is 2.73. The lowest BCUT2D eigenvalue weighted by atomic mass is 10.2. The molecule has 2 rings (SSSR count). The zero-order valence-corrected chi connectivity index (χ0v) is 13.6. The van der Waals surface area contributed by atoms with Crippen molar-refractivity contribution in [3.05, 3.63) is 48.0 Å². The Kier molecular flexibility index (Phi) is 5.03. The Bertz CT molecular complexity index is 885. The number of amides is 1. The van der Waals surface area contributed by atoms with Crippen LogP contribution in [-0.4, -0.2) is 21.4 Å². The van der Waals surface area contributed by atoms with Gasteiger partial charge in [-0.15, -0.1) is 0 Å². The summed E-state index contributed by atoms with van der Waals surface area (Å²) in [5.74, 6) is -2.09. The number of nitrogens with one attached hydrogen (secondary N) is 2. The highest BCUT2D eigenvalue weighted by atomic mass is 32.2. The van der Waals surface area contributed by atoms with E-state index in [-0.39, 0.29) is 17.3 Å². The number of halogens is 2. The quantitative estimate of drug-likeness (QED) is 0.863. The molecule has 0 spiro atoms. The minimum atomic E-state index is -4.34. The van der Waals surface area contributed by atoms with Crippen LogP contribution in [0.5, 0.6) is 5.75 Å². The van der Waals surface area contributed by atoms with Gasteiger partial charge in [-0.2, -0.15) is 0 Å². The molecule has 0 saturated heterocycles. The second-order valence-corrected chi connectivity index (χ2v) is 6.43. The van der Waals surface area contributed by atoms with Gasteiger partial charge in [0.25, 0.3) is 10.0 Å². The number of hydrogen-bond acceptors (Lipinski definition) is 4. The number of ether oxygens (including phenoxy) is 1. The molecule has 0 heterocycles. The van der Waals surface area contributed by atoms with Gasteiger partial charge in [-0.1, -0.05) is 0 Å². The molecule has 0 aliphatic heterocycles. The van der Waals surface area contributed by atoms with Crippen LogP contribution in [0.1, 0.15) is 6.92 Å². The Hall–Kier alpha value is -2.68. The fourth-order valence-corrected chi connectivity index (χ4v) is 3.08. The standard InChI is InChI=1S/C15H14F2N2O4S/c1-9(20)18-13-6-4-11(8-14(13)23-2)19-24(21,22)15-7-10(16)3-5-12(15)17/h3-8,19H,1-2H3,(H,18,20). The van der Waals surface area contributed by atoms with Crippen LogP contribution in [-0.2, 0) is 14.8 Å². The first-order chi connectivity index (χ1) is 11.2. The molecule has 0 unspecified atom stereocenters. The number of methoxy groups -OCH3 is 1. The van der Waals surface area contributed by atoms with E-state index in [0.29, 0.717) is 11.8 Å². The van der Waals surface area contributed by atoms with Gasteiger partial charge in [-0.3, -0.25) is 9.52 Å². The average molecular weight is 356 g/mol. The molecule has 0 aliphatic rings. The van der Waals surface area contributed by atoms with Crippen molar-refractivity contribution in [3.63, 3.8) is 0 Å². The number of carbonyl (C=O) groups is 1. The Labute approximate surface area is 137 Å². The second-order valence-electron chi connectivity index (χ2n) is 4.78. The maximum Gasteiger partial charge on any atom is 0.264 e. The Morgan fingerprint density at radius 3 is 2.46 bits per heavy atom.